The first kappa shape index (κ1) is 20.3. The number of hydrogen-bond donors (Lipinski definition) is 1. The number of hydrogen-bond acceptors (Lipinski definition) is 5. The molecule has 1 fully saturated rings. The molecule has 1 saturated heterocycles. The number of rotatable bonds is 3. The lowest BCUT2D eigenvalue weighted by Crippen LogP contribution is -2.65. The van der Waals surface area contributed by atoms with Crippen molar-refractivity contribution in [2.75, 3.05) is 73.5 Å². The van der Waals surface area contributed by atoms with Gasteiger partial charge in [-0.3, -0.25) is 0 Å². The van der Waals surface area contributed by atoms with Crippen LogP contribution in [0.4, 0.5) is 0 Å². The fourth-order valence-corrected chi connectivity index (χ4v) is 10.8. The first-order valence-corrected chi connectivity index (χ1v) is 14.6. The highest BCUT2D eigenvalue weighted by molar-refractivity contribution is 6.81. The fourth-order valence-electron chi connectivity index (χ4n) is 3.07. The summed E-state index contributed by atoms with van der Waals surface area (Å²) in [6.45, 7) is 19.2. The molecule has 132 valence electrons. The smallest absolute Gasteiger partial charge is 0.191 e. The molecule has 0 radical (unpaired) electrons. The van der Waals surface area contributed by atoms with E-state index in [1.54, 1.807) is 0 Å². The van der Waals surface area contributed by atoms with Gasteiger partial charge in [-0.25, -0.2) is 0 Å². The standard InChI is InChI=1S/C15H39N5Si2/c1-17-8-10-18(2)12-14-20(15-13-19(3)11-9-17)22(6,7)16-21(4)5/h16,21H,8-15H2,1-7H3. The Hall–Kier alpha value is 0.234. The molecule has 1 aliphatic rings. The molecule has 5 nitrogen and oxygen atoms in total. The molecular weight excluding hydrogens is 306 g/mol. The number of nitrogens with one attached hydrogen (secondary N) is 1. The Bertz CT molecular complexity index is 296. The third-order valence-corrected chi connectivity index (χ3v) is 11.8. The average molecular weight is 346 g/mol. The first-order chi connectivity index (χ1) is 10.2. The van der Waals surface area contributed by atoms with Crippen molar-refractivity contribution in [2.24, 2.45) is 0 Å². The largest absolute Gasteiger partial charge is 0.350 e. The highest BCUT2D eigenvalue weighted by Crippen LogP contribution is 2.08. The van der Waals surface area contributed by atoms with Crippen molar-refractivity contribution in [3.63, 3.8) is 0 Å². The maximum Gasteiger partial charge on any atom is 0.191 e. The second kappa shape index (κ2) is 9.51. The predicted molar refractivity (Wildman–Crippen MR) is 104 cm³/mol. The van der Waals surface area contributed by atoms with Crippen molar-refractivity contribution in [3.05, 3.63) is 0 Å². The Morgan fingerprint density at radius 3 is 1.32 bits per heavy atom. The van der Waals surface area contributed by atoms with Crippen LogP contribution in [-0.2, 0) is 0 Å². The maximum atomic E-state index is 4.00. The Morgan fingerprint density at radius 2 is 1.00 bits per heavy atom. The lowest BCUT2D eigenvalue weighted by atomic mass is 10.4. The third kappa shape index (κ3) is 7.67. The highest BCUT2D eigenvalue weighted by atomic mass is 28.4. The van der Waals surface area contributed by atoms with Gasteiger partial charge in [0.1, 0.15) is 0 Å². The minimum Gasteiger partial charge on any atom is -0.350 e. The molecule has 0 aromatic heterocycles. The second-order valence-corrected chi connectivity index (χ2v) is 15.0. The summed E-state index contributed by atoms with van der Waals surface area (Å²) < 4.78 is 6.77. The number of likely N-dealkylation sites (N-methyl/N-ethyl adjacent to an activating group) is 3. The molecule has 1 aliphatic heterocycles. The fraction of sp³-hybridized carbons (Fsp3) is 1.00. The molecule has 0 atom stereocenters. The van der Waals surface area contributed by atoms with Crippen LogP contribution in [0.25, 0.3) is 0 Å². The molecule has 1 rings (SSSR count). The quantitative estimate of drug-likeness (QED) is 0.746. The lowest BCUT2D eigenvalue weighted by molar-refractivity contribution is 0.196. The van der Waals surface area contributed by atoms with E-state index in [0.717, 1.165) is 0 Å². The molecule has 0 aliphatic carbocycles. The zero-order chi connectivity index (χ0) is 16.8. The molecular formula is C15H39N5Si2. The number of nitrogens with zero attached hydrogens (tertiary/aromatic N) is 4. The maximum absolute atomic E-state index is 4.00. The van der Waals surface area contributed by atoms with E-state index in [4.69, 9.17) is 0 Å². The van der Waals surface area contributed by atoms with Gasteiger partial charge in [-0.1, -0.05) is 13.1 Å². The van der Waals surface area contributed by atoms with Gasteiger partial charge >= 0.3 is 0 Å². The van der Waals surface area contributed by atoms with Crippen LogP contribution in [0.15, 0.2) is 0 Å². The Morgan fingerprint density at radius 1 is 0.682 bits per heavy atom. The molecule has 0 aromatic rings. The van der Waals surface area contributed by atoms with Crippen molar-refractivity contribution in [2.45, 2.75) is 26.2 Å². The normalized spacial score (nSPS) is 23.5. The van der Waals surface area contributed by atoms with Crippen molar-refractivity contribution in [1.82, 2.24) is 23.9 Å². The summed E-state index contributed by atoms with van der Waals surface area (Å²) >= 11 is 0. The Kier molecular flexibility index (Phi) is 8.77. The highest BCUT2D eigenvalue weighted by Gasteiger charge is 2.30. The average Bonchev–Trinajstić information content (AvgIpc) is 2.39. The van der Waals surface area contributed by atoms with E-state index in [9.17, 15) is 0 Å². The van der Waals surface area contributed by atoms with Crippen LogP contribution >= 0.6 is 0 Å². The van der Waals surface area contributed by atoms with Gasteiger partial charge < -0.3 is 23.9 Å². The molecule has 7 heteroatoms. The molecule has 1 N–H and O–H groups in total. The van der Waals surface area contributed by atoms with Crippen molar-refractivity contribution >= 4 is 17.4 Å². The van der Waals surface area contributed by atoms with Crippen LogP contribution in [0.3, 0.4) is 0 Å². The van der Waals surface area contributed by atoms with Gasteiger partial charge in [-0.15, -0.1) is 0 Å². The van der Waals surface area contributed by atoms with E-state index in [-0.39, 0.29) is 0 Å². The van der Waals surface area contributed by atoms with Crippen LogP contribution in [-0.4, -0.2) is 110 Å². The molecule has 0 amide bonds. The van der Waals surface area contributed by atoms with Crippen molar-refractivity contribution in [1.29, 1.82) is 0 Å². The predicted octanol–water partition coefficient (Wildman–Crippen LogP) is 0.372. The van der Waals surface area contributed by atoms with E-state index < -0.39 is 17.4 Å². The van der Waals surface area contributed by atoms with Gasteiger partial charge in [0.25, 0.3) is 0 Å². The Labute approximate surface area is 141 Å². The van der Waals surface area contributed by atoms with Crippen molar-refractivity contribution < 1.29 is 0 Å². The van der Waals surface area contributed by atoms with Crippen LogP contribution in [0.2, 0.25) is 26.2 Å². The first-order valence-electron chi connectivity index (χ1n) is 8.79. The van der Waals surface area contributed by atoms with Crippen molar-refractivity contribution in [3.8, 4) is 0 Å². The summed E-state index contributed by atoms with van der Waals surface area (Å²) in [4.78, 5) is 7.44. The topological polar surface area (TPSA) is 25.0 Å². The van der Waals surface area contributed by atoms with E-state index in [1.807, 2.05) is 0 Å². The summed E-state index contributed by atoms with van der Waals surface area (Å²) in [6, 6.07) is 0. The molecule has 0 unspecified atom stereocenters. The SMILES string of the molecule is CN1CCN(C)CCN([Si](C)(C)N[SiH](C)C)CCN(C)CC1. The molecule has 0 saturated carbocycles. The van der Waals surface area contributed by atoms with Gasteiger partial charge in [0.2, 0.25) is 0 Å². The zero-order valence-electron chi connectivity index (χ0n) is 16.0. The Balaban J connectivity index is 2.70. The van der Waals surface area contributed by atoms with E-state index in [1.165, 1.54) is 52.4 Å². The lowest BCUT2D eigenvalue weighted by Gasteiger charge is -2.40. The molecule has 0 spiro atoms. The zero-order valence-corrected chi connectivity index (χ0v) is 18.2. The molecule has 22 heavy (non-hydrogen) atoms. The van der Waals surface area contributed by atoms with E-state index in [2.05, 4.69) is 71.2 Å². The minimum atomic E-state index is -1.48. The summed E-state index contributed by atoms with van der Waals surface area (Å²) in [5.41, 5.74) is 0. The third-order valence-electron chi connectivity index (χ3n) is 4.66. The van der Waals surface area contributed by atoms with E-state index >= 15 is 0 Å². The van der Waals surface area contributed by atoms with Crippen LogP contribution < -0.4 is 4.65 Å². The summed E-state index contributed by atoms with van der Waals surface area (Å²) in [6.07, 6.45) is 0. The van der Waals surface area contributed by atoms with Crippen LogP contribution in [0, 0.1) is 0 Å². The minimum absolute atomic E-state index is 0.733. The molecule has 0 bridgehead atoms. The van der Waals surface area contributed by atoms with Gasteiger partial charge in [0.05, 0.1) is 8.96 Å². The van der Waals surface area contributed by atoms with Gasteiger partial charge in [0, 0.05) is 52.4 Å². The van der Waals surface area contributed by atoms with E-state index in [0.29, 0.717) is 0 Å². The van der Waals surface area contributed by atoms with Crippen LogP contribution in [0.1, 0.15) is 0 Å². The van der Waals surface area contributed by atoms with Gasteiger partial charge in [0.15, 0.2) is 8.40 Å². The monoisotopic (exact) mass is 345 g/mol. The molecule has 0 aromatic carbocycles. The van der Waals surface area contributed by atoms with Gasteiger partial charge in [-0.05, 0) is 34.2 Å². The summed E-state index contributed by atoms with van der Waals surface area (Å²) in [5.74, 6) is 0. The molecule has 1 heterocycles. The van der Waals surface area contributed by atoms with Crippen LogP contribution in [0.5, 0.6) is 0 Å². The second-order valence-electron chi connectivity index (χ2n) is 7.75. The summed E-state index contributed by atoms with van der Waals surface area (Å²) in [7, 11) is 4.57. The summed E-state index contributed by atoms with van der Waals surface area (Å²) in [5, 5.41) is 0. The van der Waals surface area contributed by atoms with Gasteiger partial charge in [-0.2, -0.15) is 0 Å².